The van der Waals surface area contributed by atoms with Crippen LogP contribution in [0.25, 0.3) is 0 Å². The number of benzene rings is 1. The second-order valence-corrected chi connectivity index (χ2v) is 2.86. The van der Waals surface area contributed by atoms with E-state index in [1.807, 2.05) is 0 Å². The summed E-state index contributed by atoms with van der Waals surface area (Å²) in [6, 6.07) is 4.66. The largest absolute Gasteiger partial charge is 0.605 e. The minimum absolute atomic E-state index is 0.0723. The molecule has 0 aliphatic carbocycles. The molecule has 0 aliphatic heterocycles. The fraction of sp³-hybridized carbons (Fsp3) is 0.111. The van der Waals surface area contributed by atoms with E-state index in [4.69, 9.17) is 0 Å². The number of phenols is 1. The van der Waals surface area contributed by atoms with Crippen LogP contribution in [0.1, 0.15) is 5.56 Å². The number of nitrogens with zero attached hydrogens (tertiary/aromatic N) is 1. The maximum Gasteiger partial charge on any atom is 0.284 e. The Balaban J connectivity index is 3.24. The number of hydrogen-bond acceptors (Lipinski definition) is 3. The summed E-state index contributed by atoms with van der Waals surface area (Å²) in [5, 5.41) is 20.3. The molecule has 0 saturated heterocycles. The molecule has 0 spiro atoms. The molecule has 3 nitrogen and oxygen atoms in total. The van der Waals surface area contributed by atoms with E-state index in [1.54, 1.807) is 18.2 Å². The zero-order valence-electron chi connectivity index (χ0n) is 6.93. The summed E-state index contributed by atoms with van der Waals surface area (Å²) in [4.78, 5) is 0. The predicted molar refractivity (Wildman–Crippen MR) is 52.7 cm³/mol. The molecule has 0 atom stereocenters. The van der Waals surface area contributed by atoms with E-state index in [-0.39, 0.29) is 5.75 Å². The molecule has 1 aromatic rings. The van der Waals surface area contributed by atoms with Crippen LogP contribution < -0.4 is 0 Å². The molecule has 4 heteroatoms. The molecule has 0 unspecified atom stereocenters. The fourth-order valence-electron chi connectivity index (χ4n) is 1.09. The quantitative estimate of drug-likeness (QED) is 0.456. The average Bonchev–Trinajstić information content (AvgIpc) is 2.08. The van der Waals surface area contributed by atoms with E-state index in [9.17, 15) is 10.3 Å². The van der Waals surface area contributed by atoms with Crippen LogP contribution in [0.5, 0.6) is 5.75 Å². The molecule has 68 valence electrons. The van der Waals surface area contributed by atoms with Crippen LogP contribution in [0, 0.1) is 5.21 Å². The van der Waals surface area contributed by atoms with Gasteiger partial charge in [0.1, 0.15) is 5.75 Å². The normalized spacial score (nSPS) is 9.54. The molecule has 13 heavy (non-hydrogen) atoms. The maximum absolute atomic E-state index is 10.9. The van der Waals surface area contributed by atoms with Crippen molar-refractivity contribution in [2.45, 2.75) is 6.42 Å². The molecule has 0 aliphatic rings. The summed E-state index contributed by atoms with van der Waals surface area (Å²) >= 11 is 4.44. The molecule has 0 saturated carbocycles. The van der Waals surface area contributed by atoms with Crippen molar-refractivity contribution in [2.24, 2.45) is 0 Å². The number of rotatable bonds is 3. The minimum Gasteiger partial charge on any atom is -0.605 e. The fourth-order valence-corrected chi connectivity index (χ4v) is 1.26. The topological polar surface area (TPSA) is 46.3 Å². The lowest BCUT2D eigenvalue weighted by Crippen LogP contribution is -1.94. The van der Waals surface area contributed by atoms with Crippen molar-refractivity contribution in [3.8, 4) is 5.75 Å². The number of phenolic OH excluding ortho intramolecular Hbond substituents is 1. The van der Waals surface area contributed by atoms with E-state index in [0.717, 1.165) is 0 Å². The van der Waals surface area contributed by atoms with Crippen LogP contribution in [0.15, 0.2) is 30.9 Å². The molecular formula is C9H9NO2S. The lowest BCUT2D eigenvalue weighted by Gasteiger charge is -2.04. The van der Waals surface area contributed by atoms with Gasteiger partial charge in [-0.1, -0.05) is 16.3 Å². The van der Waals surface area contributed by atoms with Crippen LogP contribution in [0.3, 0.4) is 0 Å². The van der Waals surface area contributed by atoms with Crippen molar-refractivity contribution in [1.82, 2.24) is 0 Å². The molecule has 0 bridgehead atoms. The first-order valence-corrected chi connectivity index (χ1v) is 4.09. The van der Waals surface area contributed by atoms with E-state index < -0.39 is 0 Å². The summed E-state index contributed by atoms with van der Waals surface area (Å²) in [6.07, 6.45) is 2.04. The van der Waals surface area contributed by atoms with Gasteiger partial charge in [0.25, 0.3) is 12.4 Å². The van der Waals surface area contributed by atoms with Crippen LogP contribution in [0.2, 0.25) is 0 Å². The average molecular weight is 195 g/mol. The molecule has 1 rings (SSSR count). The van der Waals surface area contributed by atoms with E-state index in [1.165, 1.54) is 6.07 Å². The zero-order valence-corrected chi connectivity index (χ0v) is 7.75. The monoisotopic (exact) mass is 195 g/mol. The highest BCUT2D eigenvalue weighted by atomic mass is 32.1. The van der Waals surface area contributed by atoms with Gasteiger partial charge in [-0.3, -0.25) is 0 Å². The number of hydrogen-bond donors (Lipinski definition) is 1. The van der Waals surface area contributed by atoms with Gasteiger partial charge in [-0.25, -0.2) is 0 Å². The lowest BCUT2D eigenvalue weighted by molar-refractivity contribution is -0.325. The van der Waals surface area contributed by atoms with Crippen LogP contribution >= 0.6 is 0 Å². The van der Waals surface area contributed by atoms with Crippen molar-refractivity contribution >= 4 is 18.1 Å². The Labute approximate surface area is 81.7 Å². The Morgan fingerprint density at radius 2 is 2.31 bits per heavy atom. The van der Waals surface area contributed by atoms with Gasteiger partial charge in [-0.15, -0.1) is 6.58 Å². The number of allylic oxidation sites excluding steroid dienone is 1. The van der Waals surface area contributed by atoms with Crippen LogP contribution in [-0.2, 0) is 18.8 Å². The Morgan fingerprint density at radius 1 is 1.62 bits per heavy atom. The third kappa shape index (κ3) is 2.03. The van der Waals surface area contributed by atoms with Crippen LogP contribution in [0.4, 0.5) is 5.69 Å². The Bertz CT molecular complexity index is 349. The zero-order chi connectivity index (χ0) is 9.84. The van der Waals surface area contributed by atoms with E-state index >= 15 is 0 Å². The third-order valence-electron chi connectivity index (χ3n) is 1.67. The second-order valence-electron chi connectivity index (χ2n) is 2.52. The van der Waals surface area contributed by atoms with Crippen molar-refractivity contribution in [3.63, 3.8) is 0 Å². The molecule has 1 aromatic carbocycles. The summed E-state index contributed by atoms with van der Waals surface area (Å²) in [7, 11) is 0. The first-order chi connectivity index (χ1) is 6.16. The van der Waals surface area contributed by atoms with Gasteiger partial charge in [-0.2, -0.15) is 0 Å². The molecule has 1 N–H and O–H groups in total. The van der Waals surface area contributed by atoms with Gasteiger partial charge in [0.05, 0.1) is 5.56 Å². The Kier molecular flexibility index (Phi) is 2.97. The van der Waals surface area contributed by atoms with Crippen molar-refractivity contribution in [2.75, 3.05) is 0 Å². The molecule has 0 amide bonds. The molecule has 0 heterocycles. The van der Waals surface area contributed by atoms with Gasteiger partial charge in [0.15, 0.2) is 0 Å². The number of aromatic hydroxyl groups is 1. The summed E-state index contributed by atoms with van der Waals surface area (Å²) in [5.74, 6) is 0.0723. The molecule has 0 radical (unpaired) electrons. The standard InChI is InChI=1S/C9H9NO2S/c1-2-4-7-8(10(12)13)5-3-6-9(7)11/h2-3,5-6,11H,1,4H2. The maximum atomic E-state index is 10.9. The Morgan fingerprint density at radius 3 is 2.85 bits per heavy atom. The van der Waals surface area contributed by atoms with Gasteiger partial charge < -0.3 is 10.3 Å². The first kappa shape index (κ1) is 9.67. The molecule has 0 aromatic heterocycles. The lowest BCUT2D eigenvalue weighted by atomic mass is 10.1. The van der Waals surface area contributed by atoms with Crippen molar-refractivity contribution in [1.29, 1.82) is 0 Å². The highest BCUT2D eigenvalue weighted by Crippen LogP contribution is 2.27. The first-order valence-electron chi connectivity index (χ1n) is 3.73. The summed E-state index contributed by atoms with van der Waals surface area (Å²) in [5.41, 5.74) is 0.817. The van der Waals surface area contributed by atoms with Gasteiger partial charge in [0.2, 0.25) is 5.69 Å². The van der Waals surface area contributed by atoms with Crippen molar-refractivity contribution < 1.29 is 9.22 Å². The van der Waals surface area contributed by atoms with Gasteiger partial charge in [0, 0.05) is 12.5 Å². The second kappa shape index (κ2) is 4.00. The third-order valence-corrected chi connectivity index (χ3v) is 1.87. The minimum atomic E-state index is 0.0723. The molecular weight excluding hydrogens is 186 g/mol. The van der Waals surface area contributed by atoms with E-state index in [2.05, 4.69) is 19.0 Å². The summed E-state index contributed by atoms with van der Waals surface area (Å²) < 4.78 is 0.318. The predicted octanol–water partition coefficient (Wildman–Crippen LogP) is 1.99. The van der Waals surface area contributed by atoms with Gasteiger partial charge in [-0.05, 0) is 6.07 Å². The van der Waals surface area contributed by atoms with Crippen molar-refractivity contribution in [3.05, 3.63) is 41.6 Å². The van der Waals surface area contributed by atoms with Gasteiger partial charge >= 0.3 is 0 Å². The Hall–Kier alpha value is -1.42. The van der Waals surface area contributed by atoms with Crippen LogP contribution in [-0.4, -0.2) is 9.22 Å². The highest BCUT2D eigenvalue weighted by molar-refractivity contribution is 7.44. The molecule has 0 fully saturated rings. The van der Waals surface area contributed by atoms with E-state index in [0.29, 0.717) is 21.8 Å². The SMILES string of the molecule is C=CCc1c(O)cccc1[N+]([O-])=S. The smallest absolute Gasteiger partial charge is 0.284 e. The highest BCUT2D eigenvalue weighted by Gasteiger charge is 2.12. The summed E-state index contributed by atoms with van der Waals surface area (Å²) in [6.45, 7) is 3.53.